The smallest absolute Gasteiger partial charge is 0.0491 e. The van der Waals surface area contributed by atoms with Gasteiger partial charge in [-0.2, -0.15) is 0 Å². The third kappa shape index (κ3) is 2.77. The van der Waals surface area contributed by atoms with Crippen LogP contribution in [0.4, 0.5) is 0 Å². The molecule has 0 spiro atoms. The summed E-state index contributed by atoms with van der Waals surface area (Å²) < 4.78 is 2.36. The number of hydrogen-bond donors (Lipinski definition) is 1. The molecule has 116 valence electrons. The number of rotatable bonds is 4. The van der Waals surface area contributed by atoms with Crippen LogP contribution in [0.1, 0.15) is 31.9 Å². The Morgan fingerprint density at radius 1 is 1.14 bits per heavy atom. The van der Waals surface area contributed by atoms with Crippen LogP contribution in [-0.4, -0.2) is 4.57 Å². The highest BCUT2D eigenvalue weighted by Crippen LogP contribution is 2.31. The van der Waals surface area contributed by atoms with Crippen molar-refractivity contribution in [3.05, 3.63) is 60.2 Å². The van der Waals surface area contributed by atoms with Crippen LogP contribution >= 0.6 is 12.4 Å². The van der Waals surface area contributed by atoms with E-state index in [4.69, 9.17) is 5.73 Å². The Morgan fingerprint density at radius 3 is 2.50 bits per heavy atom. The fraction of sp³-hybridized carbons (Fsp3) is 0.263. The van der Waals surface area contributed by atoms with E-state index in [1.165, 1.54) is 27.4 Å². The highest BCUT2D eigenvalue weighted by atomic mass is 35.5. The van der Waals surface area contributed by atoms with Gasteiger partial charge in [0.1, 0.15) is 0 Å². The number of hydrogen-bond acceptors (Lipinski definition) is 1. The van der Waals surface area contributed by atoms with Gasteiger partial charge in [0.25, 0.3) is 0 Å². The summed E-state index contributed by atoms with van der Waals surface area (Å²) in [4.78, 5) is 0. The van der Waals surface area contributed by atoms with Crippen LogP contribution in [-0.2, 0) is 6.54 Å². The summed E-state index contributed by atoms with van der Waals surface area (Å²) in [6, 6.07) is 15.2. The highest BCUT2D eigenvalue weighted by molar-refractivity contribution is 6.08. The minimum atomic E-state index is 0. The molecule has 1 atom stereocenters. The topological polar surface area (TPSA) is 30.9 Å². The quantitative estimate of drug-likeness (QED) is 0.659. The Kier molecular flexibility index (Phi) is 4.94. The second kappa shape index (κ2) is 6.55. The Morgan fingerprint density at radius 2 is 1.82 bits per heavy atom. The van der Waals surface area contributed by atoms with Crippen molar-refractivity contribution in [3.63, 3.8) is 0 Å². The molecule has 0 bridgehead atoms. The van der Waals surface area contributed by atoms with Gasteiger partial charge in [-0.05, 0) is 44.0 Å². The van der Waals surface area contributed by atoms with E-state index in [9.17, 15) is 0 Å². The van der Waals surface area contributed by atoms with Crippen molar-refractivity contribution in [2.75, 3.05) is 0 Å². The van der Waals surface area contributed by atoms with Crippen LogP contribution in [0.25, 0.3) is 21.8 Å². The molecular weight excluding hydrogens is 292 g/mol. The number of benzene rings is 2. The van der Waals surface area contributed by atoms with Gasteiger partial charge in [-0.3, -0.25) is 0 Å². The first-order chi connectivity index (χ1) is 10.1. The lowest BCUT2D eigenvalue weighted by Crippen LogP contribution is -2.10. The molecule has 0 saturated carbocycles. The summed E-state index contributed by atoms with van der Waals surface area (Å²) >= 11 is 0. The number of para-hydroxylation sites is 1. The zero-order valence-corrected chi connectivity index (χ0v) is 14.0. The maximum absolute atomic E-state index is 6.30. The van der Waals surface area contributed by atoms with E-state index in [0.29, 0.717) is 0 Å². The van der Waals surface area contributed by atoms with E-state index in [0.717, 1.165) is 18.5 Å². The molecule has 2 nitrogen and oxygen atoms in total. The second-order valence-electron chi connectivity index (χ2n) is 5.81. The van der Waals surface area contributed by atoms with Crippen LogP contribution < -0.4 is 5.73 Å². The van der Waals surface area contributed by atoms with Gasteiger partial charge >= 0.3 is 0 Å². The summed E-state index contributed by atoms with van der Waals surface area (Å²) in [7, 11) is 0. The minimum absolute atomic E-state index is 0. The monoisotopic (exact) mass is 314 g/mol. The van der Waals surface area contributed by atoms with Crippen molar-refractivity contribution in [3.8, 4) is 0 Å². The lowest BCUT2D eigenvalue weighted by atomic mass is 9.99. The summed E-state index contributed by atoms with van der Waals surface area (Å²) in [6.07, 6.45) is 0.831. The lowest BCUT2D eigenvalue weighted by Gasteiger charge is -2.12. The Labute approximate surface area is 138 Å². The third-order valence-electron chi connectivity index (χ3n) is 4.11. The van der Waals surface area contributed by atoms with Gasteiger partial charge in [-0.1, -0.05) is 29.8 Å². The molecule has 0 saturated heterocycles. The fourth-order valence-corrected chi connectivity index (χ4v) is 3.14. The molecule has 0 radical (unpaired) electrons. The minimum Gasteiger partial charge on any atom is -0.341 e. The molecule has 2 aromatic carbocycles. The largest absolute Gasteiger partial charge is 0.341 e. The summed E-state index contributed by atoms with van der Waals surface area (Å²) in [6.45, 7) is 9.16. The van der Waals surface area contributed by atoms with E-state index in [1.54, 1.807) is 0 Å². The van der Waals surface area contributed by atoms with Crippen LogP contribution in [0.2, 0.25) is 0 Å². The maximum atomic E-state index is 6.30. The molecule has 0 amide bonds. The van der Waals surface area contributed by atoms with Gasteiger partial charge in [0, 0.05) is 34.4 Å². The highest BCUT2D eigenvalue weighted by Gasteiger charge is 2.12. The molecule has 3 heteroatoms. The van der Waals surface area contributed by atoms with Gasteiger partial charge in [-0.25, -0.2) is 0 Å². The summed E-state index contributed by atoms with van der Waals surface area (Å²) in [5.41, 5.74) is 11.2. The zero-order chi connectivity index (χ0) is 15.0. The number of aryl methyl sites for hydroxylation is 1. The van der Waals surface area contributed by atoms with Crippen molar-refractivity contribution in [2.45, 2.75) is 32.9 Å². The maximum Gasteiger partial charge on any atom is 0.0491 e. The van der Waals surface area contributed by atoms with E-state index in [2.05, 4.69) is 60.5 Å². The molecule has 0 aliphatic rings. The van der Waals surface area contributed by atoms with Crippen molar-refractivity contribution >= 4 is 34.2 Å². The number of nitrogens with zero attached hydrogens (tertiary/aromatic N) is 1. The summed E-state index contributed by atoms with van der Waals surface area (Å²) in [5.74, 6) is 0. The van der Waals surface area contributed by atoms with Crippen molar-refractivity contribution in [1.82, 2.24) is 4.57 Å². The molecule has 1 aromatic heterocycles. The number of nitrogens with two attached hydrogens (primary N) is 1. The van der Waals surface area contributed by atoms with Gasteiger partial charge in [-0.15, -0.1) is 19.0 Å². The lowest BCUT2D eigenvalue weighted by molar-refractivity contribution is 0.718. The average Bonchev–Trinajstić information content (AvgIpc) is 2.79. The molecule has 0 aliphatic heterocycles. The van der Waals surface area contributed by atoms with E-state index >= 15 is 0 Å². The molecule has 2 N–H and O–H groups in total. The van der Waals surface area contributed by atoms with Crippen molar-refractivity contribution in [1.29, 1.82) is 0 Å². The molecule has 0 aliphatic carbocycles. The SMILES string of the molecule is C=C(C)C[C@H](N)c1ccc2c(c1)c1ccccc1n2CC.Cl. The zero-order valence-electron chi connectivity index (χ0n) is 13.2. The molecular formula is C19H23ClN2. The second-order valence-corrected chi connectivity index (χ2v) is 5.81. The molecule has 22 heavy (non-hydrogen) atoms. The standard InChI is InChI=1S/C19H22N2.ClH/c1-4-21-18-8-6-5-7-15(18)16-12-14(9-10-19(16)21)17(20)11-13(2)3;/h5-10,12,17H,2,4,11,20H2,1,3H3;1H/t17-;/m0./s1. The predicted molar refractivity (Wildman–Crippen MR) is 98.7 cm³/mol. The third-order valence-corrected chi connectivity index (χ3v) is 4.11. The molecule has 3 rings (SSSR count). The first kappa shape index (κ1) is 16.6. The average molecular weight is 315 g/mol. The summed E-state index contributed by atoms with van der Waals surface area (Å²) in [5, 5.41) is 2.60. The van der Waals surface area contributed by atoms with Crippen LogP contribution in [0, 0.1) is 0 Å². The van der Waals surface area contributed by atoms with E-state index < -0.39 is 0 Å². The number of halogens is 1. The Balaban J connectivity index is 0.00000176. The Hall–Kier alpha value is -1.77. The van der Waals surface area contributed by atoms with Gasteiger partial charge < -0.3 is 10.3 Å². The molecule has 3 aromatic rings. The van der Waals surface area contributed by atoms with E-state index in [1.807, 2.05) is 6.92 Å². The number of fused-ring (bicyclic) bond motifs is 3. The Bertz CT molecular complexity index is 817. The van der Waals surface area contributed by atoms with Gasteiger partial charge in [0.15, 0.2) is 0 Å². The van der Waals surface area contributed by atoms with Crippen LogP contribution in [0.15, 0.2) is 54.6 Å². The first-order valence-electron chi connectivity index (χ1n) is 7.52. The molecule has 1 heterocycles. The van der Waals surface area contributed by atoms with Crippen LogP contribution in [0.5, 0.6) is 0 Å². The van der Waals surface area contributed by atoms with Gasteiger partial charge in [0.2, 0.25) is 0 Å². The molecule has 0 unspecified atom stereocenters. The van der Waals surface area contributed by atoms with Crippen LogP contribution in [0.3, 0.4) is 0 Å². The predicted octanol–water partition coefficient (Wildman–Crippen LogP) is 5.20. The number of aromatic nitrogens is 1. The van der Waals surface area contributed by atoms with Gasteiger partial charge in [0.05, 0.1) is 0 Å². The van der Waals surface area contributed by atoms with Crippen molar-refractivity contribution in [2.24, 2.45) is 5.73 Å². The molecule has 0 fully saturated rings. The van der Waals surface area contributed by atoms with Crippen molar-refractivity contribution < 1.29 is 0 Å². The fourth-order valence-electron chi connectivity index (χ4n) is 3.14. The first-order valence-corrected chi connectivity index (χ1v) is 7.52. The van der Waals surface area contributed by atoms with E-state index in [-0.39, 0.29) is 18.4 Å². The normalized spacial score (nSPS) is 12.3.